The first-order valence-electron chi connectivity index (χ1n) is 8.11. The van der Waals surface area contributed by atoms with E-state index in [2.05, 4.69) is 9.55 Å². The second kappa shape index (κ2) is 7.00. The third-order valence-corrected chi connectivity index (χ3v) is 4.52. The molecule has 1 aliphatic heterocycles. The summed E-state index contributed by atoms with van der Waals surface area (Å²) in [6, 6.07) is 3.79. The second-order valence-corrected chi connectivity index (χ2v) is 6.07. The number of rotatable bonds is 5. The summed E-state index contributed by atoms with van der Waals surface area (Å²) >= 11 is 0. The average molecular weight is 316 g/mol. The maximum Gasteiger partial charge on any atom is 0.270 e. The number of methoxy groups -OCH3 is 1. The molecule has 0 saturated carbocycles. The fourth-order valence-corrected chi connectivity index (χ4v) is 3.28. The van der Waals surface area contributed by atoms with Crippen LogP contribution in [0.15, 0.2) is 30.7 Å². The zero-order chi connectivity index (χ0) is 16.2. The molecule has 0 unspecified atom stereocenters. The third-order valence-electron chi connectivity index (χ3n) is 4.52. The molecule has 6 nitrogen and oxygen atoms in total. The Labute approximate surface area is 136 Å². The van der Waals surface area contributed by atoms with E-state index in [-0.39, 0.29) is 5.91 Å². The molecule has 1 fully saturated rings. The number of hydrogen-bond donors (Lipinski definition) is 0. The molecule has 124 valence electrons. The quantitative estimate of drug-likeness (QED) is 0.846. The number of imidazole rings is 1. The van der Waals surface area contributed by atoms with E-state index in [1.165, 1.54) is 0 Å². The Bertz CT molecular complexity index is 661. The number of carbonyl (C=O) groups excluding carboxylic acids is 1. The maximum absolute atomic E-state index is 12.7. The Kier molecular flexibility index (Phi) is 4.81. The number of aromatic nitrogens is 3. The first-order valence-corrected chi connectivity index (χ1v) is 8.11. The van der Waals surface area contributed by atoms with Gasteiger partial charge in [0, 0.05) is 58.3 Å². The lowest BCUT2D eigenvalue weighted by atomic mass is 9.97. The van der Waals surface area contributed by atoms with Crippen molar-refractivity contribution in [2.24, 2.45) is 7.05 Å². The van der Waals surface area contributed by atoms with E-state index in [0.717, 1.165) is 44.0 Å². The Hall–Kier alpha value is -2.08. The number of ether oxygens (including phenoxy) is 1. The Morgan fingerprint density at radius 2 is 2.30 bits per heavy atom. The minimum atomic E-state index is 0.109. The first-order chi connectivity index (χ1) is 11.2. The second-order valence-electron chi connectivity index (χ2n) is 6.07. The predicted molar refractivity (Wildman–Crippen MR) is 87.4 cm³/mol. The van der Waals surface area contributed by atoms with E-state index < -0.39 is 0 Å². The SMILES string of the molecule is COCCn1ccnc1[C@H]1CCCN(C(=O)c2cccn2C)C1. The van der Waals surface area contributed by atoms with Crippen molar-refractivity contribution in [1.82, 2.24) is 19.0 Å². The molecule has 3 heterocycles. The normalized spacial score (nSPS) is 18.3. The minimum absolute atomic E-state index is 0.109. The molecule has 6 heteroatoms. The van der Waals surface area contributed by atoms with Crippen molar-refractivity contribution in [3.8, 4) is 0 Å². The average Bonchev–Trinajstić information content (AvgIpc) is 3.21. The van der Waals surface area contributed by atoms with Crippen molar-refractivity contribution >= 4 is 5.91 Å². The number of aryl methyl sites for hydroxylation is 1. The maximum atomic E-state index is 12.7. The van der Waals surface area contributed by atoms with Gasteiger partial charge in [-0.05, 0) is 25.0 Å². The molecular weight excluding hydrogens is 292 g/mol. The molecule has 0 spiro atoms. The molecular formula is C17H24N4O2. The Morgan fingerprint density at radius 1 is 1.43 bits per heavy atom. The van der Waals surface area contributed by atoms with Gasteiger partial charge in [0.2, 0.25) is 0 Å². The van der Waals surface area contributed by atoms with Gasteiger partial charge in [-0.25, -0.2) is 4.98 Å². The lowest BCUT2D eigenvalue weighted by Gasteiger charge is -2.32. The third kappa shape index (κ3) is 3.32. The van der Waals surface area contributed by atoms with Crippen LogP contribution in [0.5, 0.6) is 0 Å². The number of hydrogen-bond acceptors (Lipinski definition) is 3. The highest BCUT2D eigenvalue weighted by molar-refractivity contribution is 5.92. The van der Waals surface area contributed by atoms with Crippen LogP contribution in [0.25, 0.3) is 0 Å². The fraction of sp³-hybridized carbons (Fsp3) is 0.529. The highest BCUT2D eigenvalue weighted by Crippen LogP contribution is 2.26. The van der Waals surface area contributed by atoms with Crippen LogP contribution in [-0.4, -0.2) is 51.7 Å². The summed E-state index contributed by atoms with van der Waals surface area (Å²) in [4.78, 5) is 19.2. The standard InChI is InChI=1S/C17H24N4O2/c1-19-8-4-6-15(19)17(22)21-9-3-5-14(13-21)16-18-7-10-20(16)11-12-23-2/h4,6-8,10,14H,3,5,9,11-13H2,1-2H3/t14-/m0/s1. The van der Waals surface area contributed by atoms with Gasteiger partial charge in [0.1, 0.15) is 11.5 Å². The largest absolute Gasteiger partial charge is 0.383 e. The van der Waals surface area contributed by atoms with Crippen molar-refractivity contribution in [2.75, 3.05) is 26.8 Å². The predicted octanol–water partition coefficient (Wildman–Crippen LogP) is 1.89. The number of amides is 1. The summed E-state index contributed by atoms with van der Waals surface area (Å²) in [5.41, 5.74) is 0.744. The Balaban J connectivity index is 1.72. The highest BCUT2D eigenvalue weighted by atomic mass is 16.5. The fourth-order valence-electron chi connectivity index (χ4n) is 3.28. The van der Waals surface area contributed by atoms with Gasteiger partial charge in [0.05, 0.1) is 6.61 Å². The summed E-state index contributed by atoms with van der Waals surface area (Å²) < 4.78 is 9.19. The molecule has 2 aromatic heterocycles. The van der Waals surface area contributed by atoms with E-state index >= 15 is 0 Å². The van der Waals surface area contributed by atoms with Gasteiger partial charge in [0.25, 0.3) is 5.91 Å². The molecule has 0 aliphatic carbocycles. The van der Waals surface area contributed by atoms with Crippen LogP contribution in [0.4, 0.5) is 0 Å². The number of nitrogens with zero attached hydrogens (tertiary/aromatic N) is 4. The zero-order valence-corrected chi connectivity index (χ0v) is 13.8. The van der Waals surface area contributed by atoms with E-state index in [4.69, 9.17) is 4.74 Å². The smallest absolute Gasteiger partial charge is 0.270 e. The topological polar surface area (TPSA) is 52.3 Å². The zero-order valence-electron chi connectivity index (χ0n) is 13.8. The molecule has 3 rings (SSSR count). The summed E-state index contributed by atoms with van der Waals surface area (Å²) in [6.07, 6.45) is 7.82. The number of carbonyl (C=O) groups is 1. The lowest BCUT2D eigenvalue weighted by molar-refractivity contribution is 0.0693. The number of likely N-dealkylation sites (tertiary alicyclic amines) is 1. The van der Waals surface area contributed by atoms with Crippen molar-refractivity contribution in [3.05, 3.63) is 42.2 Å². The van der Waals surface area contributed by atoms with Crippen LogP contribution < -0.4 is 0 Å². The molecule has 0 bridgehead atoms. The van der Waals surface area contributed by atoms with Gasteiger partial charge in [-0.15, -0.1) is 0 Å². The minimum Gasteiger partial charge on any atom is -0.383 e. The van der Waals surface area contributed by atoms with Crippen molar-refractivity contribution < 1.29 is 9.53 Å². The van der Waals surface area contributed by atoms with E-state index in [0.29, 0.717) is 12.5 Å². The van der Waals surface area contributed by atoms with Crippen LogP contribution in [0.3, 0.4) is 0 Å². The first kappa shape index (κ1) is 15.8. The molecule has 0 aromatic carbocycles. The molecule has 2 aromatic rings. The monoisotopic (exact) mass is 316 g/mol. The van der Waals surface area contributed by atoms with E-state index in [1.54, 1.807) is 7.11 Å². The van der Waals surface area contributed by atoms with Crippen molar-refractivity contribution in [3.63, 3.8) is 0 Å². The number of piperidine rings is 1. The molecule has 0 N–H and O–H groups in total. The summed E-state index contributed by atoms with van der Waals surface area (Å²) in [6.45, 7) is 3.02. The summed E-state index contributed by atoms with van der Waals surface area (Å²) in [5.74, 6) is 1.46. The highest BCUT2D eigenvalue weighted by Gasteiger charge is 2.28. The Morgan fingerprint density at radius 3 is 3.04 bits per heavy atom. The van der Waals surface area contributed by atoms with E-state index in [1.807, 2.05) is 47.2 Å². The van der Waals surface area contributed by atoms with Crippen LogP contribution in [0.1, 0.15) is 35.1 Å². The molecule has 0 radical (unpaired) electrons. The van der Waals surface area contributed by atoms with Gasteiger partial charge in [-0.2, -0.15) is 0 Å². The molecule has 1 atom stereocenters. The van der Waals surface area contributed by atoms with Gasteiger partial charge in [-0.3, -0.25) is 4.79 Å². The lowest BCUT2D eigenvalue weighted by Crippen LogP contribution is -2.40. The van der Waals surface area contributed by atoms with Gasteiger partial charge >= 0.3 is 0 Å². The molecule has 1 saturated heterocycles. The molecule has 1 amide bonds. The summed E-state index contributed by atoms with van der Waals surface area (Å²) in [5, 5.41) is 0. The molecule has 1 aliphatic rings. The van der Waals surface area contributed by atoms with Gasteiger partial charge in [-0.1, -0.05) is 0 Å². The van der Waals surface area contributed by atoms with Crippen LogP contribution >= 0.6 is 0 Å². The van der Waals surface area contributed by atoms with Gasteiger partial charge < -0.3 is 18.8 Å². The van der Waals surface area contributed by atoms with Crippen LogP contribution in [0.2, 0.25) is 0 Å². The summed E-state index contributed by atoms with van der Waals surface area (Å²) in [7, 11) is 3.61. The van der Waals surface area contributed by atoms with Crippen LogP contribution in [-0.2, 0) is 18.3 Å². The van der Waals surface area contributed by atoms with E-state index in [9.17, 15) is 4.79 Å². The van der Waals surface area contributed by atoms with Crippen molar-refractivity contribution in [2.45, 2.75) is 25.3 Å². The molecule has 23 heavy (non-hydrogen) atoms. The van der Waals surface area contributed by atoms with Crippen molar-refractivity contribution in [1.29, 1.82) is 0 Å². The van der Waals surface area contributed by atoms with Crippen LogP contribution in [0, 0.1) is 0 Å². The van der Waals surface area contributed by atoms with Gasteiger partial charge in [0.15, 0.2) is 0 Å².